The summed E-state index contributed by atoms with van der Waals surface area (Å²) in [6, 6.07) is 0. The van der Waals surface area contributed by atoms with Gasteiger partial charge in [0.15, 0.2) is 0 Å². The summed E-state index contributed by atoms with van der Waals surface area (Å²) in [5, 5.41) is 0. The number of carbonyl (C=O) groups is 1. The van der Waals surface area contributed by atoms with E-state index in [1.807, 2.05) is 6.92 Å². The van der Waals surface area contributed by atoms with Crippen molar-refractivity contribution in [3.8, 4) is 0 Å². The average Bonchev–Trinajstić information content (AvgIpc) is 2.29. The Kier molecular flexibility index (Phi) is 5.77. The highest BCUT2D eigenvalue weighted by Crippen LogP contribution is 2.19. The number of carbonyl (C=O) groups excluding carboxylic acids is 1. The SMILES string of the molecule is COC(=O)C(C)CN1CCCC(CCN)C1. The lowest BCUT2D eigenvalue weighted by atomic mass is 9.94. The van der Waals surface area contributed by atoms with Gasteiger partial charge in [-0.05, 0) is 38.3 Å². The molecule has 16 heavy (non-hydrogen) atoms. The number of piperidine rings is 1. The number of hydrogen-bond acceptors (Lipinski definition) is 4. The summed E-state index contributed by atoms with van der Waals surface area (Å²) in [6.45, 7) is 5.69. The van der Waals surface area contributed by atoms with Crippen molar-refractivity contribution in [3.05, 3.63) is 0 Å². The van der Waals surface area contributed by atoms with E-state index in [0.29, 0.717) is 5.92 Å². The molecular formula is C12H24N2O2. The minimum atomic E-state index is -0.110. The highest BCUT2D eigenvalue weighted by atomic mass is 16.5. The molecule has 1 heterocycles. The molecule has 0 amide bonds. The Morgan fingerprint density at radius 1 is 1.62 bits per heavy atom. The van der Waals surface area contributed by atoms with E-state index in [1.54, 1.807) is 0 Å². The highest BCUT2D eigenvalue weighted by Gasteiger charge is 2.23. The second-order valence-electron chi connectivity index (χ2n) is 4.77. The van der Waals surface area contributed by atoms with Gasteiger partial charge in [0.1, 0.15) is 0 Å². The molecule has 0 aromatic carbocycles. The standard InChI is InChI=1S/C12H24N2O2/c1-10(12(15)16-2)8-14-7-3-4-11(9-14)5-6-13/h10-11H,3-9,13H2,1-2H3. The van der Waals surface area contributed by atoms with Gasteiger partial charge in [0.2, 0.25) is 0 Å². The van der Waals surface area contributed by atoms with Crippen molar-refractivity contribution in [3.63, 3.8) is 0 Å². The Labute approximate surface area is 98.1 Å². The zero-order valence-corrected chi connectivity index (χ0v) is 10.4. The highest BCUT2D eigenvalue weighted by molar-refractivity contribution is 5.72. The third-order valence-electron chi connectivity index (χ3n) is 3.31. The maximum atomic E-state index is 11.3. The van der Waals surface area contributed by atoms with E-state index < -0.39 is 0 Å². The summed E-state index contributed by atoms with van der Waals surface area (Å²) in [5.74, 6) is 0.575. The van der Waals surface area contributed by atoms with Crippen LogP contribution in [-0.2, 0) is 9.53 Å². The van der Waals surface area contributed by atoms with Crippen LogP contribution in [0.4, 0.5) is 0 Å². The van der Waals surface area contributed by atoms with Crippen molar-refractivity contribution in [1.82, 2.24) is 4.90 Å². The minimum absolute atomic E-state index is 0.0263. The summed E-state index contributed by atoms with van der Waals surface area (Å²) in [4.78, 5) is 13.7. The second-order valence-corrected chi connectivity index (χ2v) is 4.77. The van der Waals surface area contributed by atoms with E-state index in [-0.39, 0.29) is 11.9 Å². The maximum absolute atomic E-state index is 11.3. The number of esters is 1. The Morgan fingerprint density at radius 2 is 2.38 bits per heavy atom. The summed E-state index contributed by atoms with van der Waals surface area (Å²) in [6.07, 6.45) is 3.60. The number of ether oxygens (including phenoxy) is 1. The third kappa shape index (κ3) is 4.10. The first-order chi connectivity index (χ1) is 7.67. The van der Waals surface area contributed by atoms with Gasteiger partial charge in [-0.1, -0.05) is 6.92 Å². The summed E-state index contributed by atoms with van der Waals surface area (Å²) in [5.41, 5.74) is 5.58. The molecule has 1 aliphatic heterocycles. The van der Waals surface area contributed by atoms with Crippen LogP contribution in [0.3, 0.4) is 0 Å². The molecule has 0 bridgehead atoms. The Bertz CT molecular complexity index is 219. The van der Waals surface area contributed by atoms with E-state index in [2.05, 4.69) is 4.90 Å². The van der Waals surface area contributed by atoms with Crippen molar-refractivity contribution in [2.24, 2.45) is 17.6 Å². The minimum Gasteiger partial charge on any atom is -0.469 e. The van der Waals surface area contributed by atoms with Crippen LogP contribution in [0.2, 0.25) is 0 Å². The molecule has 1 rings (SSSR count). The van der Waals surface area contributed by atoms with E-state index in [0.717, 1.165) is 32.6 Å². The van der Waals surface area contributed by atoms with Crippen molar-refractivity contribution < 1.29 is 9.53 Å². The number of hydrogen-bond donors (Lipinski definition) is 1. The zero-order valence-electron chi connectivity index (χ0n) is 10.4. The third-order valence-corrected chi connectivity index (χ3v) is 3.31. The first-order valence-electron chi connectivity index (χ1n) is 6.17. The molecule has 2 N–H and O–H groups in total. The van der Waals surface area contributed by atoms with Gasteiger partial charge in [0.25, 0.3) is 0 Å². The largest absolute Gasteiger partial charge is 0.469 e. The molecule has 0 aromatic rings. The van der Waals surface area contributed by atoms with Crippen LogP contribution in [-0.4, -0.2) is 44.2 Å². The Morgan fingerprint density at radius 3 is 3.00 bits per heavy atom. The van der Waals surface area contributed by atoms with E-state index >= 15 is 0 Å². The molecule has 0 saturated carbocycles. The quantitative estimate of drug-likeness (QED) is 0.709. The molecule has 0 aliphatic carbocycles. The molecule has 4 heteroatoms. The molecule has 1 saturated heterocycles. The fraction of sp³-hybridized carbons (Fsp3) is 0.917. The molecule has 4 nitrogen and oxygen atoms in total. The Hall–Kier alpha value is -0.610. The number of likely N-dealkylation sites (tertiary alicyclic amines) is 1. The van der Waals surface area contributed by atoms with Gasteiger partial charge in [0.05, 0.1) is 13.0 Å². The summed E-state index contributed by atoms with van der Waals surface area (Å²) < 4.78 is 4.74. The van der Waals surface area contributed by atoms with Gasteiger partial charge >= 0.3 is 5.97 Å². The van der Waals surface area contributed by atoms with Crippen molar-refractivity contribution in [1.29, 1.82) is 0 Å². The first-order valence-corrected chi connectivity index (χ1v) is 6.17. The van der Waals surface area contributed by atoms with Gasteiger partial charge in [-0.25, -0.2) is 0 Å². The molecule has 2 atom stereocenters. The number of rotatable bonds is 5. The predicted octanol–water partition coefficient (Wildman–Crippen LogP) is 0.856. The molecular weight excluding hydrogens is 204 g/mol. The lowest BCUT2D eigenvalue weighted by molar-refractivity contribution is -0.145. The first kappa shape index (κ1) is 13.5. The number of methoxy groups -OCH3 is 1. The van der Waals surface area contributed by atoms with Gasteiger partial charge < -0.3 is 15.4 Å². The van der Waals surface area contributed by atoms with Crippen LogP contribution in [0.25, 0.3) is 0 Å². The van der Waals surface area contributed by atoms with E-state index in [1.165, 1.54) is 20.0 Å². The van der Waals surface area contributed by atoms with Crippen LogP contribution in [0.5, 0.6) is 0 Å². The maximum Gasteiger partial charge on any atom is 0.309 e. The molecule has 0 spiro atoms. The smallest absolute Gasteiger partial charge is 0.309 e. The lowest BCUT2D eigenvalue weighted by Crippen LogP contribution is -2.40. The fourth-order valence-corrected chi connectivity index (χ4v) is 2.45. The molecule has 1 fully saturated rings. The van der Waals surface area contributed by atoms with Crippen LogP contribution in [0.1, 0.15) is 26.2 Å². The predicted molar refractivity (Wildman–Crippen MR) is 64.0 cm³/mol. The second kappa shape index (κ2) is 6.86. The molecule has 2 unspecified atom stereocenters. The molecule has 0 aromatic heterocycles. The summed E-state index contributed by atoms with van der Waals surface area (Å²) >= 11 is 0. The van der Waals surface area contributed by atoms with Crippen LogP contribution in [0.15, 0.2) is 0 Å². The van der Waals surface area contributed by atoms with Crippen LogP contribution < -0.4 is 5.73 Å². The van der Waals surface area contributed by atoms with Gasteiger partial charge in [-0.3, -0.25) is 4.79 Å². The molecule has 1 aliphatic rings. The normalized spacial score (nSPS) is 24.1. The molecule has 0 radical (unpaired) electrons. The molecule has 94 valence electrons. The van der Waals surface area contributed by atoms with Gasteiger partial charge in [-0.15, -0.1) is 0 Å². The van der Waals surface area contributed by atoms with Crippen molar-refractivity contribution >= 4 is 5.97 Å². The zero-order chi connectivity index (χ0) is 12.0. The average molecular weight is 228 g/mol. The number of nitrogens with zero attached hydrogens (tertiary/aromatic N) is 1. The Balaban J connectivity index is 2.33. The fourth-order valence-electron chi connectivity index (χ4n) is 2.45. The monoisotopic (exact) mass is 228 g/mol. The van der Waals surface area contributed by atoms with Crippen molar-refractivity contribution in [2.75, 3.05) is 33.3 Å². The van der Waals surface area contributed by atoms with E-state index in [9.17, 15) is 4.79 Å². The van der Waals surface area contributed by atoms with Crippen LogP contribution >= 0.6 is 0 Å². The van der Waals surface area contributed by atoms with E-state index in [4.69, 9.17) is 10.5 Å². The topological polar surface area (TPSA) is 55.6 Å². The van der Waals surface area contributed by atoms with Gasteiger partial charge in [-0.2, -0.15) is 0 Å². The van der Waals surface area contributed by atoms with Crippen LogP contribution in [0, 0.1) is 11.8 Å². The van der Waals surface area contributed by atoms with Crippen molar-refractivity contribution in [2.45, 2.75) is 26.2 Å². The lowest BCUT2D eigenvalue weighted by Gasteiger charge is -2.33. The van der Waals surface area contributed by atoms with Gasteiger partial charge in [0, 0.05) is 13.1 Å². The summed E-state index contributed by atoms with van der Waals surface area (Å²) in [7, 11) is 1.45. The number of nitrogens with two attached hydrogens (primary N) is 1.